The molecule has 0 bridgehead atoms. The highest BCUT2D eigenvalue weighted by atomic mass is 35.7. The molecule has 0 saturated carbocycles. The fourth-order valence-corrected chi connectivity index (χ4v) is 1.95. The summed E-state index contributed by atoms with van der Waals surface area (Å²) in [5.41, 5.74) is -0.406. The largest absolute Gasteiger partial charge is 0.481 e. The topological polar surface area (TPSA) is 82.6 Å². The van der Waals surface area contributed by atoms with Crippen molar-refractivity contribution in [2.75, 3.05) is 14.2 Å². The van der Waals surface area contributed by atoms with E-state index in [0.717, 1.165) is 13.2 Å². The molecule has 16 heavy (non-hydrogen) atoms. The normalized spacial score (nSPS) is 10.9. The maximum atomic E-state index is 11.3. The minimum atomic E-state index is -4.06. The highest BCUT2D eigenvalue weighted by molar-refractivity contribution is 8.13. The summed E-state index contributed by atoms with van der Waals surface area (Å²) in [6, 6.07) is 2.40. The van der Waals surface area contributed by atoms with Crippen LogP contribution in [0.4, 0.5) is 0 Å². The van der Waals surface area contributed by atoms with Gasteiger partial charge in [-0.15, -0.1) is 0 Å². The first-order chi connectivity index (χ1) is 7.40. The number of methoxy groups -OCH3 is 2. The number of esters is 1. The van der Waals surface area contributed by atoms with Crippen molar-refractivity contribution in [3.05, 3.63) is 17.8 Å². The molecule has 1 aromatic heterocycles. The van der Waals surface area contributed by atoms with Crippen LogP contribution in [0, 0.1) is 0 Å². The van der Waals surface area contributed by atoms with Gasteiger partial charge >= 0.3 is 5.97 Å². The first kappa shape index (κ1) is 12.7. The summed E-state index contributed by atoms with van der Waals surface area (Å²) < 4.78 is 31.5. The molecule has 1 heterocycles. The van der Waals surface area contributed by atoms with Gasteiger partial charge in [0.25, 0.3) is 9.05 Å². The molecule has 0 unspecified atom stereocenters. The van der Waals surface area contributed by atoms with E-state index < -0.39 is 25.6 Å². The van der Waals surface area contributed by atoms with Crippen molar-refractivity contribution in [3.63, 3.8) is 0 Å². The van der Waals surface area contributed by atoms with Crippen molar-refractivity contribution in [3.8, 4) is 5.88 Å². The molecule has 0 fully saturated rings. The van der Waals surface area contributed by atoms with Gasteiger partial charge in [0.15, 0.2) is 5.69 Å². The summed E-state index contributed by atoms with van der Waals surface area (Å²) >= 11 is 0. The molecule has 0 aliphatic rings. The van der Waals surface area contributed by atoms with Crippen LogP contribution in [0.2, 0.25) is 0 Å². The first-order valence-electron chi connectivity index (χ1n) is 3.98. The molecule has 0 saturated heterocycles. The van der Waals surface area contributed by atoms with Crippen molar-refractivity contribution in [2.24, 2.45) is 0 Å². The number of aromatic nitrogens is 1. The molecular weight excluding hydrogens is 258 g/mol. The number of pyridine rings is 1. The standard InChI is InChI=1S/C8H8ClNO5S/c1-14-6-4-3-5(16(9,12)13)7(10-6)8(11)15-2/h3-4H,1-2H3. The number of carbonyl (C=O) groups excluding carboxylic acids is 1. The first-order valence-corrected chi connectivity index (χ1v) is 6.29. The summed E-state index contributed by atoms with van der Waals surface area (Å²) in [5.74, 6) is -0.817. The van der Waals surface area contributed by atoms with E-state index in [0.29, 0.717) is 0 Å². The monoisotopic (exact) mass is 265 g/mol. The third kappa shape index (κ3) is 2.61. The molecular formula is C8H8ClNO5S. The number of carbonyl (C=O) groups is 1. The number of ether oxygens (including phenoxy) is 2. The minimum Gasteiger partial charge on any atom is -0.481 e. The molecule has 8 heteroatoms. The Morgan fingerprint density at radius 2 is 2.00 bits per heavy atom. The Labute approximate surface area is 96.6 Å². The van der Waals surface area contributed by atoms with E-state index in [9.17, 15) is 13.2 Å². The lowest BCUT2D eigenvalue weighted by Gasteiger charge is -2.05. The highest BCUT2D eigenvalue weighted by Gasteiger charge is 2.23. The third-order valence-electron chi connectivity index (χ3n) is 1.68. The maximum absolute atomic E-state index is 11.3. The summed E-state index contributed by atoms with van der Waals surface area (Å²) in [7, 11) is 3.52. The minimum absolute atomic E-state index is 0.0875. The summed E-state index contributed by atoms with van der Waals surface area (Å²) in [6.07, 6.45) is 0. The second kappa shape index (κ2) is 4.67. The van der Waals surface area contributed by atoms with Gasteiger partial charge < -0.3 is 9.47 Å². The predicted octanol–water partition coefficient (Wildman–Crippen LogP) is 0.804. The van der Waals surface area contributed by atoms with E-state index >= 15 is 0 Å². The van der Waals surface area contributed by atoms with Crippen LogP contribution in [0.15, 0.2) is 17.0 Å². The number of hydrogen-bond acceptors (Lipinski definition) is 6. The number of halogens is 1. The third-order valence-corrected chi connectivity index (χ3v) is 3.04. The number of hydrogen-bond donors (Lipinski definition) is 0. The fraction of sp³-hybridized carbons (Fsp3) is 0.250. The van der Waals surface area contributed by atoms with E-state index in [4.69, 9.17) is 15.4 Å². The summed E-state index contributed by atoms with van der Waals surface area (Å²) in [5, 5.41) is 0. The Hall–Kier alpha value is -1.34. The van der Waals surface area contributed by atoms with Gasteiger partial charge in [0.05, 0.1) is 14.2 Å². The van der Waals surface area contributed by atoms with Crippen LogP contribution < -0.4 is 4.74 Å². The Kier molecular flexibility index (Phi) is 3.71. The zero-order valence-electron chi connectivity index (χ0n) is 8.43. The molecule has 0 radical (unpaired) electrons. The molecule has 1 aromatic rings. The van der Waals surface area contributed by atoms with Gasteiger partial charge in [0.2, 0.25) is 5.88 Å². The second-order valence-corrected chi connectivity index (χ2v) is 5.16. The molecule has 0 N–H and O–H groups in total. The van der Waals surface area contributed by atoms with Crippen LogP contribution in [0.1, 0.15) is 10.5 Å². The van der Waals surface area contributed by atoms with Crippen molar-refractivity contribution < 1.29 is 22.7 Å². The molecule has 1 rings (SSSR count). The molecule has 0 atom stereocenters. The Morgan fingerprint density at radius 3 is 2.44 bits per heavy atom. The lowest BCUT2D eigenvalue weighted by atomic mass is 10.3. The summed E-state index contributed by atoms with van der Waals surface area (Å²) in [4.78, 5) is 14.5. The second-order valence-electron chi connectivity index (χ2n) is 2.63. The maximum Gasteiger partial charge on any atom is 0.358 e. The highest BCUT2D eigenvalue weighted by Crippen LogP contribution is 2.21. The molecule has 0 aliphatic heterocycles. The van der Waals surface area contributed by atoms with Crippen molar-refractivity contribution >= 4 is 25.7 Å². The Balaban J connectivity index is 3.45. The fourth-order valence-electron chi connectivity index (χ4n) is 0.982. The summed E-state index contributed by atoms with van der Waals surface area (Å²) in [6.45, 7) is 0. The molecule has 0 aromatic carbocycles. The van der Waals surface area contributed by atoms with Gasteiger partial charge in [-0.3, -0.25) is 0 Å². The lowest BCUT2D eigenvalue weighted by molar-refractivity contribution is 0.0588. The van der Waals surface area contributed by atoms with Gasteiger partial charge in [-0.1, -0.05) is 0 Å². The van der Waals surface area contributed by atoms with Crippen LogP contribution >= 0.6 is 10.7 Å². The van der Waals surface area contributed by atoms with Crippen LogP contribution in [0.25, 0.3) is 0 Å². The number of nitrogens with zero attached hydrogens (tertiary/aromatic N) is 1. The van der Waals surface area contributed by atoms with E-state index in [1.165, 1.54) is 13.2 Å². The van der Waals surface area contributed by atoms with Crippen molar-refractivity contribution in [1.82, 2.24) is 4.98 Å². The molecule has 0 aliphatic carbocycles. The van der Waals surface area contributed by atoms with Crippen LogP contribution in [0.5, 0.6) is 5.88 Å². The van der Waals surface area contributed by atoms with E-state index in [-0.39, 0.29) is 5.88 Å². The SMILES string of the molecule is COC(=O)c1nc(OC)ccc1S(=O)(=O)Cl. The van der Waals surface area contributed by atoms with Crippen LogP contribution in [-0.4, -0.2) is 33.6 Å². The van der Waals surface area contributed by atoms with Crippen molar-refractivity contribution in [2.45, 2.75) is 4.90 Å². The molecule has 88 valence electrons. The van der Waals surface area contributed by atoms with Gasteiger partial charge in [-0.2, -0.15) is 0 Å². The zero-order chi connectivity index (χ0) is 12.3. The number of rotatable bonds is 3. The van der Waals surface area contributed by atoms with E-state index in [1.54, 1.807) is 0 Å². The van der Waals surface area contributed by atoms with Crippen LogP contribution in [-0.2, 0) is 13.8 Å². The average Bonchev–Trinajstić information content (AvgIpc) is 2.25. The van der Waals surface area contributed by atoms with Crippen molar-refractivity contribution in [1.29, 1.82) is 0 Å². The molecule has 0 spiro atoms. The average molecular weight is 266 g/mol. The Morgan fingerprint density at radius 1 is 1.38 bits per heavy atom. The van der Waals surface area contributed by atoms with E-state index in [2.05, 4.69) is 9.72 Å². The van der Waals surface area contributed by atoms with Gasteiger partial charge in [0.1, 0.15) is 4.90 Å². The van der Waals surface area contributed by atoms with E-state index in [1.807, 2.05) is 0 Å². The smallest absolute Gasteiger partial charge is 0.358 e. The van der Waals surface area contributed by atoms with Gasteiger partial charge in [0, 0.05) is 16.7 Å². The van der Waals surface area contributed by atoms with Crippen LogP contribution in [0.3, 0.4) is 0 Å². The Bertz CT molecular complexity index is 513. The zero-order valence-corrected chi connectivity index (χ0v) is 10.0. The predicted molar refractivity (Wildman–Crippen MR) is 55.2 cm³/mol. The molecule has 0 amide bonds. The van der Waals surface area contributed by atoms with Gasteiger partial charge in [-0.05, 0) is 6.07 Å². The quantitative estimate of drug-likeness (QED) is 0.594. The van der Waals surface area contributed by atoms with Gasteiger partial charge in [-0.25, -0.2) is 18.2 Å². The molecule has 6 nitrogen and oxygen atoms in total. The lowest BCUT2D eigenvalue weighted by Crippen LogP contribution is -2.10.